The van der Waals surface area contributed by atoms with Crippen molar-refractivity contribution < 1.29 is 32.6 Å². The Hall–Kier alpha value is -2.68. The van der Waals surface area contributed by atoms with Gasteiger partial charge in [0.1, 0.15) is 12.4 Å². The van der Waals surface area contributed by atoms with Crippen LogP contribution in [0.15, 0.2) is 35.5 Å². The van der Waals surface area contributed by atoms with E-state index in [0.717, 1.165) is 0 Å². The number of alkyl halides is 2. The van der Waals surface area contributed by atoms with Crippen LogP contribution >= 0.6 is 0 Å². The maximum Gasteiger partial charge on any atom is 0.387 e. The van der Waals surface area contributed by atoms with E-state index in [4.69, 9.17) is 9.47 Å². The van der Waals surface area contributed by atoms with E-state index >= 15 is 0 Å². The van der Waals surface area contributed by atoms with Crippen LogP contribution in [0.25, 0.3) is 0 Å². The third kappa shape index (κ3) is 4.73. The highest BCUT2D eigenvalue weighted by Gasteiger charge is 2.37. The first kappa shape index (κ1) is 20.6. The molecule has 0 fully saturated rings. The number of nitrogens with one attached hydrogen (secondary N) is 1. The molecule has 1 aromatic rings. The summed E-state index contributed by atoms with van der Waals surface area (Å²) >= 11 is 0. The molecule has 2 amide bonds. The first-order chi connectivity index (χ1) is 12.9. The van der Waals surface area contributed by atoms with Crippen molar-refractivity contribution >= 4 is 12.0 Å². The van der Waals surface area contributed by atoms with E-state index in [-0.39, 0.29) is 30.1 Å². The van der Waals surface area contributed by atoms with E-state index in [1.807, 2.05) is 0 Å². The molecule has 2 rings (SSSR count). The molecule has 0 aromatic heterocycles. The van der Waals surface area contributed by atoms with Gasteiger partial charge in [0, 0.05) is 24.9 Å². The number of rotatable bonds is 8. The number of hydrogen-bond acceptors (Lipinski definition) is 5. The number of ether oxygens (including phenoxy) is 3. The number of para-hydroxylation sites is 1. The van der Waals surface area contributed by atoms with Crippen LogP contribution in [0.2, 0.25) is 0 Å². The molecule has 27 heavy (non-hydrogen) atoms. The van der Waals surface area contributed by atoms with Gasteiger partial charge in [-0.1, -0.05) is 18.2 Å². The SMILES string of the molecule is CCN1C(=O)NC(c2ccccc2OC(F)F)C(C(=O)OCCOC)=C1C. The fraction of sp³-hybridized carbons (Fsp3) is 0.444. The number of carbonyl (C=O) groups is 2. The van der Waals surface area contributed by atoms with Crippen molar-refractivity contribution in [3.63, 3.8) is 0 Å². The Balaban J connectivity index is 2.48. The van der Waals surface area contributed by atoms with E-state index in [0.29, 0.717) is 12.2 Å². The topological polar surface area (TPSA) is 77.1 Å². The van der Waals surface area contributed by atoms with Gasteiger partial charge in [-0.15, -0.1) is 0 Å². The van der Waals surface area contributed by atoms with Crippen molar-refractivity contribution in [1.29, 1.82) is 0 Å². The normalized spacial score (nSPS) is 17.2. The third-order valence-electron chi connectivity index (χ3n) is 4.10. The lowest BCUT2D eigenvalue weighted by Gasteiger charge is -2.35. The molecule has 7 nitrogen and oxygen atoms in total. The second-order valence-electron chi connectivity index (χ2n) is 5.67. The lowest BCUT2D eigenvalue weighted by atomic mass is 9.94. The average Bonchev–Trinajstić information content (AvgIpc) is 2.61. The summed E-state index contributed by atoms with van der Waals surface area (Å²) in [5, 5.41) is 2.67. The largest absolute Gasteiger partial charge is 0.460 e. The molecule has 9 heteroatoms. The van der Waals surface area contributed by atoms with Crippen molar-refractivity contribution in [2.24, 2.45) is 0 Å². The fourth-order valence-corrected chi connectivity index (χ4v) is 2.88. The molecule has 1 aromatic carbocycles. The Kier molecular flexibility index (Phi) is 7.12. The van der Waals surface area contributed by atoms with Crippen molar-refractivity contribution in [1.82, 2.24) is 10.2 Å². The summed E-state index contributed by atoms with van der Waals surface area (Å²) in [4.78, 5) is 26.4. The quantitative estimate of drug-likeness (QED) is 0.551. The average molecular weight is 384 g/mol. The summed E-state index contributed by atoms with van der Waals surface area (Å²) in [7, 11) is 1.47. The van der Waals surface area contributed by atoms with E-state index in [2.05, 4.69) is 10.1 Å². The zero-order valence-electron chi connectivity index (χ0n) is 15.3. The van der Waals surface area contributed by atoms with E-state index in [9.17, 15) is 18.4 Å². The van der Waals surface area contributed by atoms with Gasteiger partial charge in [-0.3, -0.25) is 4.90 Å². The van der Waals surface area contributed by atoms with Gasteiger partial charge in [0.15, 0.2) is 0 Å². The number of urea groups is 1. The Morgan fingerprint density at radius 2 is 2.00 bits per heavy atom. The van der Waals surface area contributed by atoms with Crippen LogP contribution in [0.4, 0.5) is 13.6 Å². The van der Waals surface area contributed by atoms with Crippen LogP contribution in [0.3, 0.4) is 0 Å². The summed E-state index contributed by atoms with van der Waals surface area (Å²) in [6, 6.07) is 4.57. The number of nitrogens with zero attached hydrogens (tertiary/aromatic N) is 1. The van der Waals surface area contributed by atoms with Crippen molar-refractivity contribution in [3.05, 3.63) is 41.1 Å². The minimum absolute atomic E-state index is 0.0219. The number of esters is 1. The molecule has 1 atom stereocenters. The second kappa shape index (κ2) is 9.31. The molecule has 0 radical (unpaired) electrons. The van der Waals surface area contributed by atoms with Crippen molar-refractivity contribution in [3.8, 4) is 5.75 Å². The third-order valence-corrected chi connectivity index (χ3v) is 4.10. The maximum atomic E-state index is 12.8. The van der Waals surface area contributed by atoms with Crippen LogP contribution in [0, 0.1) is 0 Å². The molecule has 148 valence electrons. The predicted octanol–water partition coefficient (Wildman–Crippen LogP) is 2.84. The highest BCUT2D eigenvalue weighted by Crippen LogP contribution is 2.36. The van der Waals surface area contributed by atoms with Crippen LogP contribution in [-0.4, -0.2) is 50.4 Å². The molecule has 0 spiro atoms. The van der Waals surface area contributed by atoms with Crippen molar-refractivity contribution in [2.45, 2.75) is 26.5 Å². The minimum Gasteiger partial charge on any atom is -0.460 e. The molecular weight excluding hydrogens is 362 g/mol. The summed E-state index contributed by atoms with van der Waals surface area (Å²) < 4.78 is 40.2. The number of benzene rings is 1. The fourth-order valence-electron chi connectivity index (χ4n) is 2.88. The number of hydrogen-bond donors (Lipinski definition) is 1. The summed E-state index contributed by atoms with van der Waals surface area (Å²) in [6.07, 6.45) is 0. The molecule has 1 aliphatic heterocycles. The van der Waals surface area contributed by atoms with Gasteiger partial charge in [-0.2, -0.15) is 8.78 Å². The number of amides is 2. The molecule has 0 aliphatic carbocycles. The monoisotopic (exact) mass is 384 g/mol. The number of allylic oxidation sites excluding steroid dienone is 1. The van der Waals surface area contributed by atoms with Crippen LogP contribution in [0.1, 0.15) is 25.5 Å². The highest BCUT2D eigenvalue weighted by atomic mass is 19.3. The van der Waals surface area contributed by atoms with E-state index in [1.54, 1.807) is 19.9 Å². The van der Waals surface area contributed by atoms with Crippen molar-refractivity contribution in [2.75, 3.05) is 26.9 Å². The van der Waals surface area contributed by atoms with Gasteiger partial charge in [-0.25, -0.2) is 9.59 Å². The highest BCUT2D eigenvalue weighted by molar-refractivity contribution is 5.95. The molecule has 0 saturated heterocycles. The molecule has 0 bridgehead atoms. The van der Waals surface area contributed by atoms with Gasteiger partial charge in [0.2, 0.25) is 0 Å². The number of halogens is 2. The molecule has 1 aliphatic rings. The maximum absolute atomic E-state index is 12.8. The Morgan fingerprint density at radius 1 is 1.30 bits per heavy atom. The first-order valence-electron chi connectivity index (χ1n) is 8.39. The van der Waals surface area contributed by atoms with Gasteiger partial charge in [0.25, 0.3) is 0 Å². The van der Waals surface area contributed by atoms with Crippen LogP contribution in [0.5, 0.6) is 5.75 Å². The Labute approximate surface area is 155 Å². The second-order valence-corrected chi connectivity index (χ2v) is 5.67. The van der Waals surface area contributed by atoms with E-state index in [1.165, 1.54) is 30.2 Å². The predicted molar refractivity (Wildman–Crippen MR) is 92.3 cm³/mol. The summed E-state index contributed by atoms with van der Waals surface area (Å²) in [5.74, 6) is -0.794. The first-order valence-corrected chi connectivity index (χ1v) is 8.39. The lowest BCUT2D eigenvalue weighted by molar-refractivity contribution is -0.140. The van der Waals surface area contributed by atoms with Gasteiger partial charge < -0.3 is 19.5 Å². The molecule has 1 unspecified atom stereocenters. The van der Waals surface area contributed by atoms with E-state index < -0.39 is 24.7 Å². The van der Waals surface area contributed by atoms with Crippen LogP contribution < -0.4 is 10.1 Å². The minimum atomic E-state index is -3.04. The summed E-state index contributed by atoms with van der Waals surface area (Å²) in [5.41, 5.74) is 0.776. The standard InChI is InChI=1S/C18H22F2N2O5/c1-4-22-11(2)14(16(23)26-10-9-25-3)15(21-18(22)24)12-7-5-6-8-13(12)27-17(19)20/h5-8,15,17H,4,9-10H2,1-3H3,(H,21,24). The molecule has 1 heterocycles. The van der Waals surface area contributed by atoms with Gasteiger partial charge in [-0.05, 0) is 19.9 Å². The number of methoxy groups -OCH3 is 1. The molecular formula is C18H22F2N2O5. The van der Waals surface area contributed by atoms with Gasteiger partial charge in [0.05, 0.1) is 18.2 Å². The van der Waals surface area contributed by atoms with Gasteiger partial charge >= 0.3 is 18.6 Å². The molecule has 1 N–H and O–H groups in total. The van der Waals surface area contributed by atoms with Crippen LogP contribution in [-0.2, 0) is 14.3 Å². The Morgan fingerprint density at radius 3 is 2.63 bits per heavy atom. The summed E-state index contributed by atoms with van der Waals surface area (Å²) in [6.45, 7) is 0.879. The number of carbonyl (C=O) groups excluding carboxylic acids is 2. The Bertz CT molecular complexity index is 723. The molecule has 0 saturated carbocycles. The zero-order chi connectivity index (χ0) is 20.0. The smallest absolute Gasteiger partial charge is 0.387 e. The zero-order valence-corrected chi connectivity index (χ0v) is 15.3. The lowest BCUT2D eigenvalue weighted by Crippen LogP contribution is -2.48.